The molecule has 102 valence electrons. The van der Waals surface area contributed by atoms with E-state index in [0.29, 0.717) is 6.61 Å². The van der Waals surface area contributed by atoms with Crippen LogP contribution in [0.25, 0.3) is 0 Å². The summed E-state index contributed by atoms with van der Waals surface area (Å²) in [5.41, 5.74) is 2.19. The molecular weight excluding hydrogens is 374 g/mol. The summed E-state index contributed by atoms with van der Waals surface area (Å²) in [7, 11) is 1.92. The Bertz CT molecular complexity index is 554. The van der Waals surface area contributed by atoms with E-state index in [4.69, 9.17) is 9.15 Å². The van der Waals surface area contributed by atoms with Crippen LogP contribution in [0.1, 0.15) is 24.1 Å². The summed E-state index contributed by atoms with van der Waals surface area (Å²) in [6, 6.07) is 8.02. The smallest absolute Gasteiger partial charge is 0.174 e. The first kappa shape index (κ1) is 14.6. The van der Waals surface area contributed by atoms with Crippen LogP contribution in [0.3, 0.4) is 0 Å². The van der Waals surface area contributed by atoms with E-state index in [1.165, 1.54) is 0 Å². The van der Waals surface area contributed by atoms with Gasteiger partial charge in [-0.15, -0.1) is 0 Å². The highest BCUT2D eigenvalue weighted by molar-refractivity contribution is 9.10. The average molecular weight is 389 g/mol. The van der Waals surface area contributed by atoms with Crippen LogP contribution >= 0.6 is 31.9 Å². The SMILES string of the molecule is CCOc1ccc(C(NC)c2ccoc2Br)c(Br)c1. The summed E-state index contributed by atoms with van der Waals surface area (Å²) in [6.07, 6.45) is 1.67. The lowest BCUT2D eigenvalue weighted by Crippen LogP contribution is -2.18. The zero-order valence-corrected chi connectivity index (χ0v) is 13.9. The zero-order valence-electron chi connectivity index (χ0n) is 10.7. The van der Waals surface area contributed by atoms with E-state index in [9.17, 15) is 0 Å². The third-order valence-electron chi connectivity index (χ3n) is 2.84. The molecule has 0 saturated heterocycles. The maximum atomic E-state index is 5.49. The molecule has 0 fully saturated rings. The Morgan fingerprint density at radius 3 is 2.58 bits per heavy atom. The quantitative estimate of drug-likeness (QED) is 0.817. The van der Waals surface area contributed by atoms with Crippen LogP contribution in [0.5, 0.6) is 5.75 Å². The molecule has 0 aliphatic carbocycles. The number of ether oxygens (including phenoxy) is 1. The van der Waals surface area contributed by atoms with Crippen LogP contribution in [0.2, 0.25) is 0 Å². The van der Waals surface area contributed by atoms with Crippen LogP contribution in [0.15, 0.2) is 44.1 Å². The molecule has 0 aliphatic heterocycles. The Hall–Kier alpha value is -0.780. The fraction of sp³-hybridized carbons (Fsp3) is 0.286. The van der Waals surface area contributed by atoms with Gasteiger partial charge in [0, 0.05) is 10.0 Å². The van der Waals surface area contributed by atoms with Crippen LogP contribution in [-0.4, -0.2) is 13.7 Å². The van der Waals surface area contributed by atoms with Gasteiger partial charge < -0.3 is 14.5 Å². The normalized spacial score (nSPS) is 12.4. The predicted octanol–water partition coefficient (Wildman–Crippen LogP) is 4.51. The van der Waals surface area contributed by atoms with Gasteiger partial charge in [0.25, 0.3) is 0 Å². The molecule has 5 heteroatoms. The van der Waals surface area contributed by atoms with Gasteiger partial charge in [0.2, 0.25) is 0 Å². The molecule has 1 unspecified atom stereocenters. The van der Waals surface area contributed by atoms with Crippen molar-refractivity contribution >= 4 is 31.9 Å². The number of hydrogen-bond acceptors (Lipinski definition) is 3. The van der Waals surface area contributed by atoms with Gasteiger partial charge in [0.15, 0.2) is 4.67 Å². The second kappa shape index (κ2) is 6.59. The lowest BCUT2D eigenvalue weighted by atomic mass is 10.0. The molecule has 1 N–H and O–H groups in total. The minimum atomic E-state index is 0.0539. The molecule has 1 heterocycles. The molecule has 0 saturated carbocycles. The summed E-state index contributed by atoms with van der Waals surface area (Å²) >= 11 is 7.03. The minimum Gasteiger partial charge on any atom is -0.494 e. The second-order valence-electron chi connectivity index (χ2n) is 3.99. The summed E-state index contributed by atoms with van der Waals surface area (Å²) in [5, 5.41) is 3.29. The highest BCUT2D eigenvalue weighted by atomic mass is 79.9. The van der Waals surface area contributed by atoms with Crippen molar-refractivity contribution in [3.8, 4) is 5.75 Å². The first-order valence-corrected chi connectivity index (χ1v) is 7.58. The molecule has 1 aromatic heterocycles. The van der Waals surface area contributed by atoms with Gasteiger partial charge in [-0.25, -0.2) is 0 Å². The lowest BCUT2D eigenvalue weighted by molar-refractivity contribution is 0.340. The van der Waals surface area contributed by atoms with Gasteiger partial charge in [-0.05, 0) is 53.7 Å². The van der Waals surface area contributed by atoms with Crippen LogP contribution in [0.4, 0.5) is 0 Å². The van der Waals surface area contributed by atoms with Crippen molar-refractivity contribution in [2.45, 2.75) is 13.0 Å². The van der Waals surface area contributed by atoms with Crippen molar-refractivity contribution in [1.29, 1.82) is 0 Å². The number of hydrogen-bond donors (Lipinski definition) is 1. The third kappa shape index (κ3) is 3.22. The van der Waals surface area contributed by atoms with Crippen molar-refractivity contribution < 1.29 is 9.15 Å². The van der Waals surface area contributed by atoms with Crippen molar-refractivity contribution in [3.63, 3.8) is 0 Å². The Morgan fingerprint density at radius 1 is 1.26 bits per heavy atom. The van der Waals surface area contributed by atoms with E-state index in [-0.39, 0.29) is 6.04 Å². The standard InChI is InChI=1S/C14H15Br2NO2/c1-3-18-9-4-5-10(12(15)8-9)13(17-2)11-6-7-19-14(11)16/h4-8,13,17H,3H2,1-2H3. The van der Waals surface area contributed by atoms with E-state index in [1.807, 2.05) is 32.2 Å². The summed E-state index contributed by atoms with van der Waals surface area (Å²) < 4.78 is 12.5. The highest BCUT2D eigenvalue weighted by Crippen LogP contribution is 2.34. The van der Waals surface area contributed by atoms with Gasteiger partial charge in [-0.1, -0.05) is 22.0 Å². The molecule has 1 aromatic carbocycles. The maximum absolute atomic E-state index is 5.49. The first-order chi connectivity index (χ1) is 9.17. The van der Waals surface area contributed by atoms with Crippen molar-refractivity contribution in [2.75, 3.05) is 13.7 Å². The summed E-state index contributed by atoms with van der Waals surface area (Å²) in [6.45, 7) is 2.63. The van der Waals surface area contributed by atoms with Crippen molar-refractivity contribution in [2.24, 2.45) is 0 Å². The third-order valence-corrected chi connectivity index (χ3v) is 4.17. The van der Waals surface area contributed by atoms with E-state index >= 15 is 0 Å². The maximum Gasteiger partial charge on any atom is 0.174 e. The fourth-order valence-electron chi connectivity index (χ4n) is 1.99. The number of benzene rings is 1. The van der Waals surface area contributed by atoms with E-state index in [2.05, 4.69) is 43.2 Å². The van der Waals surface area contributed by atoms with Gasteiger partial charge >= 0.3 is 0 Å². The number of rotatable bonds is 5. The Morgan fingerprint density at radius 2 is 2.05 bits per heavy atom. The summed E-state index contributed by atoms with van der Waals surface area (Å²) in [5.74, 6) is 0.860. The molecule has 0 amide bonds. The number of halogens is 2. The molecule has 0 radical (unpaired) electrons. The van der Waals surface area contributed by atoms with Crippen molar-refractivity contribution in [1.82, 2.24) is 5.32 Å². The van der Waals surface area contributed by atoms with Crippen LogP contribution in [0, 0.1) is 0 Å². The second-order valence-corrected chi connectivity index (χ2v) is 5.56. The molecule has 3 nitrogen and oxygen atoms in total. The zero-order chi connectivity index (χ0) is 13.8. The van der Waals surface area contributed by atoms with Crippen LogP contribution < -0.4 is 10.1 Å². The molecular formula is C14H15Br2NO2. The predicted molar refractivity (Wildman–Crippen MR) is 82.6 cm³/mol. The van der Waals surface area contributed by atoms with E-state index in [1.54, 1.807) is 6.26 Å². The molecule has 2 rings (SSSR count). The highest BCUT2D eigenvalue weighted by Gasteiger charge is 2.19. The Labute approximate surface area is 129 Å². The van der Waals surface area contributed by atoms with Gasteiger partial charge in [-0.3, -0.25) is 0 Å². The van der Waals surface area contributed by atoms with Gasteiger partial charge in [-0.2, -0.15) is 0 Å². The Kier molecular flexibility index (Phi) is 5.07. The molecule has 1 atom stereocenters. The van der Waals surface area contributed by atoms with E-state index in [0.717, 1.165) is 26.0 Å². The largest absolute Gasteiger partial charge is 0.494 e. The van der Waals surface area contributed by atoms with Crippen molar-refractivity contribution in [3.05, 3.63) is 50.8 Å². The number of furan rings is 1. The molecule has 0 bridgehead atoms. The van der Waals surface area contributed by atoms with Gasteiger partial charge in [0.05, 0.1) is 18.9 Å². The monoisotopic (exact) mass is 387 g/mol. The minimum absolute atomic E-state index is 0.0539. The van der Waals surface area contributed by atoms with Gasteiger partial charge in [0.1, 0.15) is 5.75 Å². The first-order valence-electron chi connectivity index (χ1n) is 5.99. The van der Waals surface area contributed by atoms with Crippen LogP contribution in [-0.2, 0) is 0 Å². The van der Waals surface area contributed by atoms with E-state index < -0.39 is 0 Å². The lowest BCUT2D eigenvalue weighted by Gasteiger charge is -2.18. The Balaban J connectivity index is 2.36. The molecule has 0 spiro atoms. The molecule has 0 aliphatic rings. The fourth-order valence-corrected chi connectivity index (χ4v) is 3.04. The topological polar surface area (TPSA) is 34.4 Å². The average Bonchev–Trinajstić information content (AvgIpc) is 2.80. The summed E-state index contributed by atoms with van der Waals surface area (Å²) in [4.78, 5) is 0. The number of nitrogens with one attached hydrogen (secondary N) is 1. The molecule has 2 aromatic rings. The molecule has 19 heavy (non-hydrogen) atoms.